The molecule has 158 valence electrons. The molecule has 0 fully saturated rings. The highest BCUT2D eigenvalue weighted by molar-refractivity contribution is 6.32. The normalized spacial score (nSPS) is 13.4. The van der Waals surface area contributed by atoms with Crippen molar-refractivity contribution in [3.05, 3.63) is 81.0 Å². The van der Waals surface area contributed by atoms with Gasteiger partial charge in [0.05, 0.1) is 17.2 Å². The molecule has 2 nitrogen and oxygen atoms in total. The Balaban J connectivity index is 2.38. The lowest BCUT2D eigenvalue weighted by atomic mass is 9.93. The van der Waals surface area contributed by atoms with Crippen LogP contribution in [0.1, 0.15) is 54.0 Å². The molecule has 0 spiro atoms. The van der Waals surface area contributed by atoms with Crippen molar-refractivity contribution < 1.29 is 13.2 Å². The number of halogens is 4. The van der Waals surface area contributed by atoms with Gasteiger partial charge in [-0.25, -0.2) is 0 Å². The quantitative estimate of drug-likeness (QED) is 0.503. The molecule has 2 rings (SSSR count). The van der Waals surface area contributed by atoms with E-state index in [2.05, 4.69) is 11.4 Å². The molecular formula is C24H24ClF3N2. The molecule has 0 aliphatic carbocycles. The van der Waals surface area contributed by atoms with Crippen LogP contribution in [0.15, 0.2) is 48.2 Å². The average molecular weight is 433 g/mol. The lowest BCUT2D eigenvalue weighted by Gasteiger charge is -2.19. The molecule has 6 heteroatoms. The molecule has 0 saturated carbocycles. The molecule has 0 bridgehead atoms. The third kappa shape index (κ3) is 5.90. The van der Waals surface area contributed by atoms with E-state index < -0.39 is 12.1 Å². The van der Waals surface area contributed by atoms with Crippen molar-refractivity contribution in [2.75, 3.05) is 5.32 Å². The van der Waals surface area contributed by atoms with Crippen molar-refractivity contribution in [2.24, 2.45) is 0 Å². The van der Waals surface area contributed by atoms with Gasteiger partial charge in [-0.15, -0.1) is 0 Å². The van der Waals surface area contributed by atoms with E-state index in [1.165, 1.54) is 18.2 Å². The van der Waals surface area contributed by atoms with Gasteiger partial charge in [-0.1, -0.05) is 54.4 Å². The van der Waals surface area contributed by atoms with E-state index in [0.717, 1.165) is 18.1 Å². The van der Waals surface area contributed by atoms with E-state index in [9.17, 15) is 18.4 Å². The van der Waals surface area contributed by atoms with E-state index in [1.54, 1.807) is 32.0 Å². The van der Waals surface area contributed by atoms with Crippen molar-refractivity contribution in [3.63, 3.8) is 0 Å². The van der Waals surface area contributed by atoms with Gasteiger partial charge in [0, 0.05) is 5.02 Å². The molecular weight excluding hydrogens is 409 g/mol. The maximum absolute atomic E-state index is 13.7. The van der Waals surface area contributed by atoms with Gasteiger partial charge >= 0.3 is 6.18 Å². The largest absolute Gasteiger partial charge is 0.399 e. The fraction of sp³-hybridized carbons (Fsp3) is 0.292. The van der Waals surface area contributed by atoms with Gasteiger partial charge in [-0.05, 0) is 67.8 Å². The Hall–Kier alpha value is -2.71. The van der Waals surface area contributed by atoms with Crippen LogP contribution in [0, 0.1) is 25.2 Å². The number of anilines is 1. The molecule has 2 aromatic rings. The monoisotopic (exact) mass is 432 g/mol. The molecule has 0 aliphatic heterocycles. The van der Waals surface area contributed by atoms with E-state index in [4.69, 9.17) is 11.6 Å². The van der Waals surface area contributed by atoms with Crippen molar-refractivity contribution in [2.45, 2.75) is 46.2 Å². The molecule has 0 heterocycles. The number of hydrogen-bond acceptors (Lipinski definition) is 2. The van der Waals surface area contributed by atoms with Gasteiger partial charge in [0.2, 0.25) is 0 Å². The molecule has 0 aromatic heterocycles. The summed E-state index contributed by atoms with van der Waals surface area (Å²) in [5.41, 5.74) is 3.95. The lowest BCUT2D eigenvalue weighted by Crippen LogP contribution is -2.19. The van der Waals surface area contributed by atoms with Crippen LogP contribution in [0.4, 0.5) is 18.9 Å². The molecule has 0 amide bonds. The Morgan fingerprint density at radius 1 is 1.20 bits per heavy atom. The van der Waals surface area contributed by atoms with Gasteiger partial charge < -0.3 is 5.32 Å². The Labute approximate surface area is 180 Å². The molecule has 1 unspecified atom stereocenters. The maximum atomic E-state index is 13.7. The summed E-state index contributed by atoms with van der Waals surface area (Å²) >= 11 is 6.10. The summed E-state index contributed by atoms with van der Waals surface area (Å²) < 4.78 is 41.2. The number of hydrogen-bond donors (Lipinski definition) is 1. The minimum Gasteiger partial charge on any atom is -0.361 e. The second-order valence-electron chi connectivity index (χ2n) is 7.25. The molecule has 1 atom stereocenters. The zero-order valence-electron chi connectivity index (χ0n) is 17.4. The first-order valence-electron chi connectivity index (χ1n) is 9.54. The van der Waals surface area contributed by atoms with Crippen molar-refractivity contribution >= 4 is 23.4 Å². The van der Waals surface area contributed by atoms with Gasteiger partial charge in [0.1, 0.15) is 6.07 Å². The smallest absolute Gasteiger partial charge is 0.361 e. The standard InChI is InChI=1S/C24H24ClF3N2/c1-5-15(2)14-30-22-9-7-18(12-20(22)13-29)6-8-21(24(26,27)28)19-10-16(3)23(25)17(4)11-19/h6-12,14,21,30H,5H2,1-4H3/b8-6+,15-14+. The first kappa shape index (κ1) is 23.6. The molecule has 0 saturated heterocycles. The SMILES string of the molecule is CC/C(C)=C/Nc1ccc(/C=C/C(c2cc(C)c(Cl)c(C)c2)C(F)(F)F)cc1C#N. The summed E-state index contributed by atoms with van der Waals surface area (Å²) in [4.78, 5) is 0. The Kier molecular flexibility index (Phi) is 7.75. The third-order valence-corrected chi connectivity index (χ3v) is 5.44. The Morgan fingerprint density at radius 3 is 2.37 bits per heavy atom. The summed E-state index contributed by atoms with van der Waals surface area (Å²) in [6.45, 7) is 7.37. The van der Waals surface area contributed by atoms with Crippen LogP contribution in [0.3, 0.4) is 0 Å². The van der Waals surface area contributed by atoms with Crippen LogP contribution in [0.5, 0.6) is 0 Å². The number of alkyl halides is 3. The topological polar surface area (TPSA) is 35.8 Å². The summed E-state index contributed by atoms with van der Waals surface area (Å²) in [5.74, 6) is -1.77. The number of nitriles is 1. The second-order valence-corrected chi connectivity index (χ2v) is 7.63. The molecule has 2 aromatic carbocycles. The summed E-state index contributed by atoms with van der Waals surface area (Å²) in [6, 6.07) is 9.96. The fourth-order valence-corrected chi connectivity index (χ4v) is 3.07. The van der Waals surface area contributed by atoms with E-state index >= 15 is 0 Å². The zero-order valence-corrected chi connectivity index (χ0v) is 18.1. The summed E-state index contributed by atoms with van der Waals surface area (Å²) in [5, 5.41) is 13.0. The second kappa shape index (κ2) is 9.86. The number of benzene rings is 2. The van der Waals surface area contributed by atoms with Crippen LogP contribution < -0.4 is 5.32 Å². The number of aryl methyl sites for hydroxylation is 2. The minimum absolute atomic E-state index is 0.136. The highest BCUT2D eigenvalue weighted by Gasteiger charge is 2.39. The van der Waals surface area contributed by atoms with Crippen molar-refractivity contribution in [1.82, 2.24) is 0 Å². The number of nitrogens with zero attached hydrogens (tertiary/aromatic N) is 1. The highest BCUT2D eigenvalue weighted by atomic mass is 35.5. The Bertz CT molecular complexity index is 991. The van der Waals surface area contributed by atoms with Gasteiger partial charge in [0.25, 0.3) is 0 Å². The van der Waals surface area contributed by atoms with Crippen molar-refractivity contribution in [3.8, 4) is 6.07 Å². The molecule has 1 N–H and O–H groups in total. The number of nitrogens with one attached hydrogen (secondary N) is 1. The van der Waals surface area contributed by atoms with Crippen LogP contribution in [0.25, 0.3) is 6.08 Å². The third-order valence-electron chi connectivity index (χ3n) is 4.85. The number of allylic oxidation sites excluding steroid dienone is 2. The van der Waals surface area contributed by atoms with E-state index in [0.29, 0.717) is 33.0 Å². The number of rotatable bonds is 6. The predicted octanol–water partition coefficient (Wildman–Crippen LogP) is 7.91. The summed E-state index contributed by atoms with van der Waals surface area (Å²) in [6.07, 6.45) is 0.752. The maximum Gasteiger partial charge on any atom is 0.399 e. The van der Waals surface area contributed by atoms with E-state index in [-0.39, 0.29) is 5.56 Å². The predicted molar refractivity (Wildman–Crippen MR) is 118 cm³/mol. The first-order valence-corrected chi connectivity index (χ1v) is 9.92. The zero-order chi connectivity index (χ0) is 22.5. The van der Waals surface area contributed by atoms with E-state index in [1.807, 2.05) is 20.0 Å². The van der Waals surface area contributed by atoms with Gasteiger partial charge in [-0.3, -0.25) is 0 Å². The van der Waals surface area contributed by atoms with Crippen molar-refractivity contribution in [1.29, 1.82) is 5.26 Å². The summed E-state index contributed by atoms with van der Waals surface area (Å²) in [7, 11) is 0. The minimum atomic E-state index is -4.45. The first-order chi connectivity index (χ1) is 14.1. The van der Waals surface area contributed by atoms with Crippen LogP contribution in [0.2, 0.25) is 5.02 Å². The van der Waals surface area contributed by atoms with Gasteiger partial charge in [-0.2, -0.15) is 18.4 Å². The van der Waals surface area contributed by atoms with Crippen LogP contribution >= 0.6 is 11.6 Å². The van der Waals surface area contributed by atoms with Crippen LogP contribution in [-0.4, -0.2) is 6.18 Å². The van der Waals surface area contributed by atoms with Gasteiger partial charge in [0.15, 0.2) is 0 Å². The molecule has 30 heavy (non-hydrogen) atoms. The highest BCUT2D eigenvalue weighted by Crippen LogP contribution is 2.38. The fourth-order valence-electron chi connectivity index (χ4n) is 2.96. The molecule has 0 aliphatic rings. The van der Waals surface area contributed by atoms with Crippen LogP contribution in [-0.2, 0) is 0 Å². The Morgan fingerprint density at radius 2 is 1.83 bits per heavy atom. The lowest BCUT2D eigenvalue weighted by molar-refractivity contribution is -0.139. The average Bonchev–Trinajstić information content (AvgIpc) is 2.69. The molecule has 0 radical (unpaired) electrons.